The fourth-order valence-electron chi connectivity index (χ4n) is 0.666. The van der Waals surface area contributed by atoms with E-state index in [0.717, 1.165) is 0 Å². The first-order valence-corrected chi connectivity index (χ1v) is 4.06. The van der Waals surface area contributed by atoms with Crippen LogP contribution in [0.3, 0.4) is 0 Å². The molecule has 0 aromatic carbocycles. The van der Waals surface area contributed by atoms with E-state index in [1.807, 2.05) is 15.9 Å². The van der Waals surface area contributed by atoms with Crippen LogP contribution in [0, 0.1) is 0 Å². The van der Waals surface area contributed by atoms with Gasteiger partial charge in [0.15, 0.2) is 12.2 Å². The van der Waals surface area contributed by atoms with Crippen molar-refractivity contribution in [2.75, 3.05) is 0 Å². The number of aliphatic hydroxyl groups is 4. The molecule has 10 nitrogen and oxygen atoms in total. The molecule has 8 N–H and O–H groups in total. The molecule has 4 unspecified atom stereocenters. The Balaban J connectivity index is -0.000000616. The standard InChI is InChI=1S/C6H10O8.Fe.H2O.O/c7-1(3(9)5(11)12)2(8)4(10)6(13)14;;;/h1-4,7-10H,(H,11,12)(H,13,14);;1H2;. The van der Waals surface area contributed by atoms with E-state index in [1.165, 1.54) is 0 Å². The van der Waals surface area contributed by atoms with Crippen LogP contribution in [-0.4, -0.2) is 72.5 Å². The molecule has 0 saturated carbocycles. The Morgan fingerprint density at radius 3 is 1.06 bits per heavy atom. The van der Waals surface area contributed by atoms with Gasteiger partial charge in [-0.3, -0.25) is 0 Å². The van der Waals surface area contributed by atoms with E-state index in [2.05, 4.69) is 0 Å². The number of rotatable bonds is 5. The topological polar surface area (TPSA) is 204 Å². The van der Waals surface area contributed by atoms with Gasteiger partial charge in [0.2, 0.25) is 0 Å². The predicted octanol–water partition coefficient (Wildman–Crippen LogP) is -4.35. The molecule has 0 aliphatic heterocycles. The molecule has 0 heterocycles. The van der Waals surface area contributed by atoms with Crippen LogP contribution < -0.4 is 0 Å². The van der Waals surface area contributed by atoms with E-state index in [1.54, 1.807) is 0 Å². The van der Waals surface area contributed by atoms with Gasteiger partial charge in [-0.15, -0.1) is 0 Å². The SMILES string of the molecule is O.O=C(O)C(O)C(O)C(O)C(O)C(=O)O.[O]=[Fe]. The molecule has 0 saturated heterocycles. The van der Waals surface area contributed by atoms with Crippen LogP contribution in [0.15, 0.2) is 0 Å². The van der Waals surface area contributed by atoms with Gasteiger partial charge in [0.25, 0.3) is 0 Å². The van der Waals surface area contributed by atoms with Crippen LogP contribution in [0.4, 0.5) is 0 Å². The Bertz CT molecular complexity index is 221. The zero-order valence-corrected chi connectivity index (χ0v) is 9.18. The first kappa shape index (κ1) is 21.4. The van der Waals surface area contributed by atoms with E-state index < -0.39 is 36.4 Å². The number of aliphatic carboxylic acids is 2. The molecular formula is C6H12FeO10. The van der Waals surface area contributed by atoms with Gasteiger partial charge < -0.3 is 36.1 Å². The Morgan fingerprint density at radius 2 is 0.941 bits per heavy atom. The van der Waals surface area contributed by atoms with E-state index in [-0.39, 0.29) is 5.48 Å². The summed E-state index contributed by atoms with van der Waals surface area (Å²) in [6.07, 6.45) is -9.28. The second-order valence-corrected chi connectivity index (χ2v) is 2.55. The molecule has 0 fully saturated rings. The van der Waals surface area contributed by atoms with E-state index in [9.17, 15) is 9.59 Å². The fraction of sp³-hybridized carbons (Fsp3) is 0.667. The average Bonchev–Trinajstić information content (AvgIpc) is 2.27. The molecular weight excluding hydrogens is 288 g/mol. The molecule has 0 aliphatic carbocycles. The van der Waals surface area contributed by atoms with Gasteiger partial charge in [-0.2, -0.15) is 0 Å². The first-order valence-electron chi connectivity index (χ1n) is 3.61. The number of hydrogen-bond acceptors (Lipinski definition) is 7. The second-order valence-electron chi connectivity index (χ2n) is 2.55. The summed E-state index contributed by atoms with van der Waals surface area (Å²) in [6, 6.07) is 0. The Hall–Kier alpha value is -0.941. The third-order valence-electron chi connectivity index (χ3n) is 1.50. The van der Waals surface area contributed by atoms with Crippen molar-refractivity contribution in [3.63, 3.8) is 0 Å². The monoisotopic (exact) mass is 300 g/mol. The summed E-state index contributed by atoms with van der Waals surface area (Å²) < 4.78 is 8.00. The third-order valence-corrected chi connectivity index (χ3v) is 1.50. The van der Waals surface area contributed by atoms with Crippen LogP contribution in [-0.2, 0) is 29.4 Å². The summed E-state index contributed by atoms with van der Waals surface area (Å²) in [5, 5.41) is 51.5. The molecule has 0 radical (unpaired) electrons. The minimum absolute atomic E-state index is 0. The summed E-state index contributed by atoms with van der Waals surface area (Å²) in [4.78, 5) is 20.2. The average molecular weight is 300 g/mol. The Morgan fingerprint density at radius 1 is 0.765 bits per heavy atom. The number of carboxylic acid groups (broad SMARTS) is 2. The number of aliphatic hydroxyl groups excluding tert-OH is 4. The second kappa shape index (κ2) is 10.2. The van der Waals surface area contributed by atoms with Crippen molar-refractivity contribution < 1.29 is 65.5 Å². The van der Waals surface area contributed by atoms with Crippen LogP contribution in [0.5, 0.6) is 0 Å². The zero-order chi connectivity index (χ0) is 13.5. The summed E-state index contributed by atoms with van der Waals surface area (Å²) in [5.74, 6) is -3.68. The molecule has 104 valence electrons. The summed E-state index contributed by atoms with van der Waals surface area (Å²) >= 11 is 2.00. The van der Waals surface area contributed by atoms with Crippen LogP contribution in [0.1, 0.15) is 0 Å². The maximum absolute atomic E-state index is 10.1. The minimum atomic E-state index is -2.36. The maximum atomic E-state index is 10.1. The van der Waals surface area contributed by atoms with Gasteiger partial charge in [-0.1, -0.05) is 0 Å². The normalized spacial score (nSPS) is 16.3. The van der Waals surface area contributed by atoms with Gasteiger partial charge in [0.05, 0.1) is 0 Å². The molecule has 0 aliphatic rings. The van der Waals surface area contributed by atoms with E-state index in [0.29, 0.717) is 0 Å². The predicted molar refractivity (Wildman–Crippen MR) is 43.6 cm³/mol. The van der Waals surface area contributed by atoms with Gasteiger partial charge in [0.1, 0.15) is 12.2 Å². The van der Waals surface area contributed by atoms with Crippen molar-refractivity contribution in [1.29, 1.82) is 0 Å². The molecule has 0 spiro atoms. The van der Waals surface area contributed by atoms with Gasteiger partial charge in [-0.25, -0.2) is 9.59 Å². The quantitative estimate of drug-likeness (QED) is 0.271. The first-order chi connectivity index (χ1) is 7.29. The Kier molecular flexibility index (Phi) is 12.8. The Labute approximate surface area is 102 Å². The molecule has 0 amide bonds. The zero-order valence-electron chi connectivity index (χ0n) is 8.07. The van der Waals surface area contributed by atoms with Crippen LogP contribution >= 0.6 is 0 Å². The third kappa shape index (κ3) is 7.07. The van der Waals surface area contributed by atoms with Crippen molar-refractivity contribution in [2.24, 2.45) is 0 Å². The molecule has 0 aromatic rings. The molecule has 0 aromatic heterocycles. The van der Waals surface area contributed by atoms with E-state index >= 15 is 0 Å². The summed E-state index contributed by atoms with van der Waals surface area (Å²) in [5.41, 5.74) is 0. The fourth-order valence-corrected chi connectivity index (χ4v) is 0.666. The number of hydrogen-bond donors (Lipinski definition) is 6. The summed E-state index contributed by atoms with van der Waals surface area (Å²) in [7, 11) is 0. The van der Waals surface area contributed by atoms with Crippen molar-refractivity contribution in [1.82, 2.24) is 0 Å². The van der Waals surface area contributed by atoms with Crippen LogP contribution in [0.2, 0.25) is 0 Å². The van der Waals surface area contributed by atoms with Gasteiger partial charge in [-0.05, 0) is 0 Å². The molecule has 11 heteroatoms. The van der Waals surface area contributed by atoms with Gasteiger partial charge >= 0.3 is 31.7 Å². The number of carboxylic acids is 2. The molecule has 0 rings (SSSR count). The molecule has 17 heavy (non-hydrogen) atoms. The van der Waals surface area contributed by atoms with Crippen molar-refractivity contribution >= 4 is 11.9 Å². The molecule has 4 atom stereocenters. The van der Waals surface area contributed by atoms with Crippen molar-refractivity contribution in [3.05, 3.63) is 0 Å². The van der Waals surface area contributed by atoms with Crippen molar-refractivity contribution in [2.45, 2.75) is 24.4 Å². The molecule has 0 bridgehead atoms. The van der Waals surface area contributed by atoms with Crippen molar-refractivity contribution in [3.8, 4) is 0 Å². The van der Waals surface area contributed by atoms with Crippen LogP contribution in [0.25, 0.3) is 0 Å². The van der Waals surface area contributed by atoms with Gasteiger partial charge in [0, 0.05) is 0 Å². The van der Waals surface area contributed by atoms with E-state index in [4.69, 9.17) is 34.5 Å². The summed E-state index contributed by atoms with van der Waals surface area (Å²) in [6.45, 7) is 0. The number of carbonyl (C=O) groups is 2.